The lowest BCUT2D eigenvalue weighted by Crippen LogP contribution is -1.98. The van der Waals surface area contributed by atoms with Crippen LogP contribution in [0.25, 0.3) is 0 Å². The Labute approximate surface area is 107 Å². The van der Waals surface area contributed by atoms with Crippen LogP contribution in [0.1, 0.15) is 0 Å². The molecule has 1 N–H and O–H groups in total. The van der Waals surface area contributed by atoms with Crippen LogP contribution in [0.4, 0.5) is 11.5 Å². The summed E-state index contributed by atoms with van der Waals surface area (Å²) in [5, 5.41) is 14.6. The van der Waals surface area contributed by atoms with Crippen LogP contribution < -0.4 is 5.32 Å². The second-order valence-electron chi connectivity index (χ2n) is 3.17. The number of pyridine rings is 1. The molecule has 2 rings (SSSR count). The number of hydrogen-bond acceptors (Lipinski definition) is 7. The van der Waals surface area contributed by atoms with E-state index in [0.29, 0.717) is 10.8 Å². The quantitative estimate of drug-likeness (QED) is 0.665. The average Bonchev–Trinajstić information content (AvgIpc) is 2.39. The number of hydrogen-bond donors (Lipinski definition) is 1. The Hall–Kier alpha value is -2.22. The molecule has 8 heteroatoms. The van der Waals surface area contributed by atoms with Gasteiger partial charge in [-0.25, -0.2) is 9.97 Å². The molecule has 92 valence electrons. The maximum atomic E-state index is 10.9. The fourth-order valence-corrected chi connectivity index (χ4v) is 2.04. The smallest absolute Gasteiger partial charge is 0.301 e. The molecule has 0 atom stereocenters. The van der Waals surface area contributed by atoms with E-state index in [4.69, 9.17) is 0 Å². The molecule has 2 aromatic rings. The second kappa shape index (κ2) is 5.41. The average molecular weight is 263 g/mol. The summed E-state index contributed by atoms with van der Waals surface area (Å²) >= 11 is 1.11. The fraction of sp³-hybridized carbons (Fsp3) is 0.100. The SMILES string of the molecule is CNc1ccc([N+](=O)[O-])c(Sc2cnccn2)n1. The number of nitrogens with one attached hydrogen (secondary N) is 1. The third-order valence-electron chi connectivity index (χ3n) is 2.03. The first-order valence-electron chi connectivity index (χ1n) is 4.98. The zero-order chi connectivity index (χ0) is 13.0. The summed E-state index contributed by atoms with van der Waals surface area (Å²) in [7, 11) is 1.70. The van der Waals surface area contributed by atoms with Crippen LogP contribution in [0, 0.1) is 10.1 Å². The number of rotatable bonds is 4. The van der Waals surface area contributed by atoms with Crippen molar-refractivity contribution in [3.05, 3.63) is 40.8 Å². The lowest BCUT2D eigenvalue weighted by Gasteiger charge is -2.04. The highest BCUT2D eigenvalue weighted by Gasteiger charge is 2.17. The summed E-state index contributed by atoms with van der Waals surface area (Å²) in [4.78, 5) is 22.5. The van der Waals surface area contributed by atoms with Crippen molar-refractivity contribution in [1.82, 2.24) is 15.0 Å². The van der Waals surface area contributed by atoms with Gasteiger partial charge in [0.2, 0.25) is 0 Å². The highest BCUT2D eigenvalue weighted by molar-refractivity contribution is 7.99. The minimum atomic E-state index is -0.467. The molecule has 0 aliphatic rings. The molecule has 2 aromatic heterocycles. The largest absolute Gasteiger partial charge is 0.373 e. The Morgan fingerprint density at radius 3 is 2.83 bits per heavy atom. The van der Waals surface area contributed by atoms with Crippen LogP contribution in [-0.4, -0.2) is 26.9 Å². The maximum Gasteiger partial charge on any atom is 0.301 e. The van der Waals surface area contributed by atoms with Crippen LogP contribution in [0.15, 0.2) is 40.8 Å². The minimum absolute atomic E-state index is 0.0512. The van der Waals surface area contributed by atoms with E-state index in [0.717, 1.165) is 11.8 Å². The molecule has 0 aromatic carbocycles. The van der Waals surface area contributed by atoms with Gasteiger partial charge in [-0.15, -0.1) is 0 Å². The first-order valence-corrected chi connectivity index (χ1v) is 5.79. The topological polar surface area (TPSA) is 93.8 Å². The van der Waals surface area contributed by atoms with E-state index in [1.165, 1.54) is 24.7 Å². The summed E-state index contributed by atoms with van der Waals surface area (Å²) in [6.45, 7) is 0. The predicted molar refractivity (Wildman–Crippen MR) is 66.6 cm³/mol. The van der Waals surface area contributed by atoms with Gasteiger partial charge in [0.25, 0.3) is 0 Å². The van der Waals surface area contributed by atoms with Gasteiger partial charge in [-0.05, 0) is 17.8 Å². The number of nitro groups is 1. The first kappa shape index (κ1) is 12.2. The molecule has 0 fully saturated rings. The van der Waals surface area contributed by atoms with Crippen molar-refractivity contribution in [2.45, 2.75) is 10.1 Å². The van der Waals surface area contributed by atoms with Crippen molar-refractivity contribution >= 4 is 23.3 Å². The van der Waals surface area contributed by atoms with E-state index >= 15 is 0 Å². The number of aromatic nitrogens is 3. The molecule has 0 aliphatic carbocycles. The standard InChI is InChI=1S/C10H9N5O2S/c1-11-8-3-2-7(15(16)17)10(14-8)18-9-6-12-4-5-13-9/h2-6H,1H3,(H,11,14). The van der Waals surface area contributed by atoms with Crippen molar-refractivity contribution in [2.24, 2.45) is 0 Å². The van der Waals surface area contributed by atoms with Crippen molar-refractivity contribution < 1.29 is 4.92 Å². The molecule has 0 unspecified atom stereocenters. The van der Waals surface area contributed by atoms with Crippen LogP contribution >= 0.6 is 11.8 Å². The van der Waals surface area contributed by atoms with Gasteiger partial charge in [0, 0.05) is 25.5 Å². The number of nitrogens with zero attached hydrogens (tertiary/aromatic N) is 4. The molecule has 0 amide bonds. The van der Waals surface area contributed by atoms with Gasteiger partial charge in [-0.1, -0.05) is 0 Å². The van der Waals surface area contributed by atoms with Crippen molar-refractivity contribution in [1.29, 1.82) is 0 Å². The lowest BCUT2D eigenvalue weighted by molar-refractivity contribution is -0.388. The predicted octanol–water partition coefficient (Wildman–Crippen LogP) is 1.97. The fourth-order valence-electron chi connectivity index (χ4n) is 1.22. The van der Waals surface area contributed by atoms with Crippen molar-refractivity contribution in [3.8, 4) is 0 Å². The van der Waals surface area contributed by atoms with Gasteiger partial charge in [0.15, 0.2) is 5.03 Å². The van der Waals surface area contributed by atoms with Crippen molar-refractivity contribution in [2.75, 3.05) is 12.4 Å². The molecular formula is C10H9N5O2S. The van der Waals surface area contributed by atoms with Gasteiger partial charge >= 0.3 is 5.69 Å². The Bertz CT molecular complexity index is 563. The van der Waals surface area contributed by atoms with Gasteiger partial charge < -0.3 is 5.32 Å². The Kier molecular flexibility index (Phi) is 3.68. The van der Waals surface area contributed by atoms with E-state index in [9.17, 15) is 10.1 Å². The highest BCUT2D eigenvalue weighted by Crippen LogP contribution is 2.32. The first-order chi connectivity index (χ1) is 8.70. The molecule has 0 bridgehead atoms. The molecule has 18 heavy (non-hydrogen) atoms. The summed E-state index contributed by atoms with van der Waals surface area (Å²) < 4.78 is 0. The van der Waals surface area contributed by atoms with E-state index < -0.39 is 4.92 Å². The van der Waals surface area contributed by atoms with Crippen molar-refractivity contribution in [3.63, 3.8) is 0 Å². The van der Waals surface area contributed by atoms with Gasteiger partial charge in [0.05, 0.1) is 11.1 Å². The Balaban J connectivity index is 2.38. The lowest BCUT2D eigenvalue weighted by atomic mass is 10.4. The molecule has 2 heterocycles. The monoisotopic (exact) mass is 263 g/mol. The van der Waals surface area contributed by atoms with Gasteiger partial charge in [-0.3, -0.25) is 15.1 Å². The summed E-state index contributed by atoms with van der Waals surface area (Å²) in [5.41, 5.74) is -0.0512. The van der Waals surface area contributed by atoms with Crippen LogP contribution in [-0.2, 0) is 0 Å². The third kappa shape index (κ3) is 2.72. The summed E-state index contributed by atoms with van der Waals surface area (Å²) in [6, 6.07) is 2.97. The van der Waals surface area contributed by atoms with Gasteiger partial charge in [-0.2, -0.15) is 0 Å². The Morgan fingerprint density at radius 2 is 2.22 bits per heavy atom. The molecule has 0 spiro atoms. The Morgan fingerprint density at radius 1 is 1.39 bits per heavy atom. The van der Waals surface area contributed by atoms with E-state index in [2.05, 4.69) is 20.3 Å². The molecular weight excluding hydrogens is 254 g/mol. The minimum Gasteiger partial charge on any atom is -0.373 e. The van der Waals surface area contributed by atoms with E-state index in [1.54, 1.807) is 13.1 Å². The molecule has 0 saturated heterocycles. The van der Waals surface area contributed by atoms with E-state index in [-0.39, 0.29) is 10.7 Å². The summed E-state index contributed by atoms with van der Waals surface area (Å²) in [5.74, 6) is 0.562. The molecule has 7 nitrogen and oxygen atoms in total. The van der Waals surface area contributed by atoms with Gasteiger partial charge in [0.1, 0.15) is 10.8 Å². The zero-order valence-electron chi connectivity index (χ0n) is 9.40. The summed E-state index contributed by atoms with van der Waals surface area (Å²) in [6.07, 6.45) is 4.59. The van der Waals surface area contributed by atoms with Crippen LogP contribution in [0.3, 0.4) is 0 Å². The highest BCUT2D eigenvalue weighted by atomic mass is 32.2. The maximum absolute atomic E-state index is 10.9. The molecule has 0 aliphatic heterocycles. The van der Waals surface area contributed by atoms with Crippen LogP contribution in [0.2, 0.25) is 0 Å². The zero-order valence-corrected chi connectivity index (χ0v) is 10.2. The third-order valence-corrected chi connectivity index (χ3v) is 2.95. The second-order valence-corrected chi connectivity index (χ2v) is 4.18. The normalized spacial score (nSPS) is 10.1. The molecule has 0 saturated carbocycles. The van der Waals surface area contributed by atoms with Crippen LogP contribution in [0.5, 0.6) is 0 Å². The number of anilines is 1. The van der Waals surface area contributed by atoms with E-state index in [1.807, 2.05) is 0 Å². The molecule has 0 radical (unpaired) electrons.